The van der Waals surface area contributed by atoms with Crippen LogP contribution >= 0.6 is 27.3 Å². The summed E-state index contributed by atoms with van der Waals surface area (Å²) in [7, 11) is 0. The van der Waals surface area contributed by atoms with E-state index < -0.39 is 0 Å². The van der Waals surface area contributed by atoms with E-state index in [1.807, 2.05) is 24.3 Å². The molecule has 0 aliphatic heterocycles. The molecule has 1 aromatic heterocycles. The van der Waals surface area contributed by atoms with Gasteiger partial charge in [-0.2, -0.15) is 0 Å². The zero-order chi connectivity index (χ0) is 14.1. The average Bonchev–Trinajstić information content (AvgIpc) is 2.84. The number of anilines is 1. The first-order chi connectivity index (χ1) is 9.63. The number of carbonyl (C=O) groups excluding carboxylic acids is 1. The topological polar surface area (TPSA) is 29.1 Å². The van der Waals surface area contributed by atoms with Gasteiger partial charge in [0.05, 0.1) is 10.6 Å². The summed E-state index contributed by atoms with van der Waals surface area (Å²) in [5.74, 6) is 0.722. The predicted molar refractivity (Wildman–Crippen MR) is 87.6 cm³/mol. The van der Waals surface area contributed by atoms with E-state index in [2.05, 4.69) is 34.2 Å². The molecule has 2 nitrogen and oxygen atoms in total. The van der Waals surface area contributed by atoms with Crippen molar-refractivity contribution in [1.29, 1.82) is 0 Å². The second-order valence-corrected chi connectivity index (χ2v) is 7.33. The van der Waals surface area contributed by atoms with Gasteiger partial charge in [-0.25, -0.2) is 0 Å². The molecule has 1 atom stereocenters. The number of halogens is 1. The lowest BCUT2D eigenvalue weighted by Gasteiger charge is -2.16. The van der Waals surface area contributed by atoms with Crippen molar-refractivity contribution < 1.29 is 4.79 Å². The van der Waals surface area contributed by atoms with Crippen LogP contribution in [0.4, 0.5) is 5.69 Å². The maximum atomic E-state index is 12.3. The molecule has 0 spiro atoms. The van der Waals surface area contributed by atoms with E-state index in [4.69, 9.17) is 0 Å². The van der Waals surface area contributed by atoms with Gasteiger partial charge in [0.15, 0.2) is 0 Å². The molecule has 0 radical (unpaired) electrons. The number of hydrogen-bond donors (Lipinski definition) is 1. The fourth-order valence-corrected chi connectivity index (χ4v) is 4.05. The first kappa shape index (κ1) is 13.8. The fraction of sp³-hybridized carbons (Fsp3) is 0.312. The van der Waals surface area contributed by atoms with Crippen molar-refractivity contribution in [3.8, 4) is 0 Å². The summed E-state index contributed by atoms with van der Waals surface area (Å²) >= 11 is 5.09. The highest BCUT2D eigenvalue weighted by Gasteiger charge is 2.20. The van der Waals surface area contributed by atoms with Crippen LogP contribution in [-0.4, -0.2) is 5.91 Å². The van der Waals surface area contributed by atoms with Gasteiger partial charge in [0.2, 0.25) is 0 Å². The Balaban J connectivity index is 1.80. The van der Waals surface area contributed by atoms with E-state index >= 15 is 0 Å². The average molecular weight is 350 g/mol. The molecule has 0 saturated heterocycles. The van der Waals surface area contributed by atoms with E-state index in [9.17, 15) is 4.79 Å². The minimum absolute atomic E-state index is 0.0102. The van der Waals surface area contributed by atoms with Gasteiger partial charge in [-0.15, -0.1) is 11.3 Å². The SMILES string of the molecule is CC1CCc2sc(C(=O)Nc3ccccc3Br)cc2C1. The third kappa shape index (κ3) is 2.81. The van der Waals surface area contributed by atoms with Gasteiger partial charge in [0.25, 0.3) is 5.91 Å². The fourth-order valence-electron chi connectivity index (χ4n) is 2.56. The normalized spacial score (nSPS) is 17.6. The quantitative estimate of drug-likeness (QED) is 0.821. The van der Waals surface area contributed by atoms with Gasteiger partial charge in [-0.1, -0.05) is 19.1 Å². The number of thiophene rings is 1. The Kier molecular flexibility index (Phi) is 3.94. The Morgan fingerprint density at radius 1 is 1.40 bits per heavy atom. The molecule has 1 aromatic carbocycles. The summed E-state index contributed by atoms with van der Waals surface area (Å²) in [6, 6.07) is 9.75. The van der Waals surface area contributed by atoms with E-state index in [0.717, 1.165) is 33.8 Å². The molecule has 2 aromatic rings. The van der Waals surface area contributed by atoms with Crippen molar-refractivity contribution in [2.75, 3.05) is 5.32 Å². The van der Waals surface area contributed by atoms with Crippen molar-refractivity contribution in [2.45, 2.75) is 26.2 Å². The molecule has 4 heteroatoms. The van der Waals surface area contributed by atoms with Crippen molar-refractivity contribution in [1.82, 2.24) is 0 Å². The van der Waals surface area contributed by atoms with Crippen LogP contribution in [0.1, 0.15) is 33.5 Å². The lowest BCUT2D eigenvalue weighted by Crippen LogP contribution is -2.10. The highest BCUT2D eigenvalue weighted by Crippen LogP contribution is 2.32. The van der Waals surface area contributed by atoms with Gasteiger partial charge >= 0.3 is 0 Å². The van der Waals surface area contributed by atoms with Crippen LogP contribution in [0.3, 0.4) is 0 Å². The molecule has 0 fully saturated rings. The zero-order valence-corrected chi connectivity index (χ0v) is 13.7. The molecule has 0 bridgehead atoms. The van der Waals surface area contributed by atoms with Crippen molar-refractivity contribution in [3.63, 3.8) is 0 Å². The second kappa shape index (κ2) is 5.70. The first-order valence-corrected chi connectivity index (χ1v) is 8.42. The van der Waals surface area contributed by atoms with Crippen molar-refractivity contribution in [3.05, 3.63) is 50.1 Å². The van der Waals surface area contributed by atoms with Gasteiger partial charge in [-0.05, 0) is 64.9 Å². The van der Waals surface area contributed by atoms with Gasteiger partial charge < -0.3 is 5.32 Å². The molecule has 1 unspecified atom stereocenters. The molecule has 104 valence electrons. The molecule has 1 amide bonds. The Labute approximate surface area is 131 Å². The Bertz CT molecular complexity index is 650. The number of amides is 1. The largest absolute Gasteiger partial charge is 0.320 e. The Morgan fingerprint density at radius 2 is 2.20 bits per heavy atom. The number of para-hydroxylation sites is 1. The zero-order valence-electron chi connectivity index (χ0n) is 11.3. The minimum atomic E-state index is -0.0102. The summed E-state index contributed by atoms with van der Waals surface area (Å²) in [6.07, 6.45) is 3.45. The highest BCUT2D eigenvalue weighted by atomic mass is 79.9. The third-order valence-electron chi connectivity index (χ3n) is 3.68. The van der Waals surface area contributed by atoms with Gasteiger partial charge in [0.1, 0.15) is 0 Å². The molecule has 1 aliphatic rings. The summed E-state index contributed by atoms with van der Waals surface area (Å²) in [6.45, 7) is 2.28. The number of rotatable bonds is 2. The number of fused-ring (bicyclic) bond motifs is 1. The van der Waals surface area contributed by atoms with Crippen molar-refractivity contribution in [2.24, 2.45) is 5.92 Å². The van der Waals surface area contributed by atoms with E-state index in [1.54, 1.807) is 11.3 Å². The molecule has 20 heavy (non-hydrogen) atoms. The summed E-state index contributed by atoms with van der Waals surface area (Å²) in [5.41, 5.74) is 2.18. The number of hydrogen-bond acceptors (Lipinski definition) is 2. The van der Waals surface area contributed by atoms with Gasteiger partial charge in [0, 0.05) is 9.35 Å². The lowest BCUT2D eigenvalue weighted by molar-refractivity contribution is 0.103. The van der Waals surface area contributed by atoms with Crippen LogP contribution in [0.25, 0.3) is 0 Å². The summed E-state index contributed by atoms with van der Waals surface area (Å²) in [4.78, 5) is 14.6. The van der Waals surface area contributed by atoms with Crippen LogP contribution in [0, 0.1) is 5.92 Å². The minimum Gasteiger partial charge on any atom is -0.320 e. The Morgan fingerprint density at radius 3 is 3.00 bits per heavy atom. The van der Waals surface area contributed by atoms with E-state index in [-0.39, 0.29) is 5.91 Å². The lowest BCUT2D eigenvalue weighted by atomic mass is 9.90. The monoisotopic (exact) mass is 349 g/mol. The molecule has 3 rings (SSSR count). The van der Waals surface area contributed by atoms with Crippen LogP contribution in [0.5, 0.6) is 0 Å². The number of carbonyl (C=O) groups is 1. The van der Waals surface area contributed by atoms with Crippen LogP contribution < -0.4 is 5.32 Å². The standard InChI is InChI=1S/C16H16BrNOS/c1-10-6-7-14-11(8-10)9-15(20-14)16(19)18-13-5-3-2-4-12(13)17/h2-5,9-10H,6-8H2,1H3,(H,18,19). The summed E-state index contributed by atoms with van der Waals surface area (Å²) < 4.78 is 0.906. The van der Waals surface area contributed by atoms with Crippen LogP contribution in [-0.2, 0) is 12.8 Å². The predicted octanol–water partition coefficient (Wildman–Crippen LogP) is 4.89. The smallest absolute Gasteiger partial charge is 0.265 e. The second-order valence-electron chi connectivity index (χ2n) is 5.34. The first-order valence-electron chi connectivity index (χ1n) is 6.81. The van der Waals surface area contributed by atoms with Gasteiger partial charge in [-0.3, -0.25) is 4.79 Å². The maximum absolute atomic E-state index is 12.3. The van der Waals surface area contributed by atoms with Crippen LogP contribution in [0.15, 0.2) is 34.8 Å². The van der Waals surface area contributed by atoms with Crippen molar-refractivity contribution >= 4 is 38.9 Å². The molecular weight excluding hydrogens is 334 g/mol. The van der Waals surface area contributed by atoms with E-state index in [1.165, 1.54) is 16.9 Å². The molecular formula is C16H16BrNOS. The molecule has 1 heterocycles. The number of benzene rings is 1. The summed E-state index contributed by atoms with van der Waals surface area (Å²) in [5, 5.41) is 2.97. The molecule has 1 N–H and O–H groups in total. The van der Waals surface area contributed by atoms with E-state index in [0.29, 0.717) is 0 Å². The van der Waals surface area contributed by atoms with Crippen LogP contribution in [0.2, 0.25) is 0 Å². The Hall–Kier alpha value is -1.13. The maximum Gasteiger partial charge on any atom is 0.265 e. The number of nitrogens with one attached hydrogen (secondary N) is 1. The highest BCUT2D eigenvalue weighted by molar-refractivity contribution is 9.10. The molecule has 0 saturated carbocycles. The number of aryl methyl sites for hydroxylation is 1. The molecule has 1 aliphatic carbocycles. The third-order valence-corrected chi connectivity index (χ3v) is 5.60.